The lowest BCUT2D eigenvalue weighted by Crippen LogP contribution is -2.48. The number of pyridine rings is 1. The Bertz CT molecular complexity index is 947. The van der Waals surface area contributed by atoms with Crippen LogP contribution in [0.3, 0.4) is 0 Å². The number of rotatable bonds is 5. The SMILES string of the molecule is O=C(c1ccc(-c2ccc3ncccc3c2)cc1)N1CCN(CCCO)CC1. The number of amides is 1. The summed E-state index contributed by atoms with van der Waals surface area (Å²) in [4.78, 5) is 21.4. The highest BCUT2D eigenvalue weighted by Gasteiger charge is 2.21. The van der Waals surface area contributed by atoms with Gasteiger partial charge in [0.2, 0.25) is 0 Å². The molecule has 0 bridgehead atoms. The molecule has 5 heteroatoms. The van der Waals surface area contributed by atoms with Crippen LogP contribution < -0.4 is 0 Å². The van der Waals surface area contributed by atoms with Crippen molar-refractivity contribution in [1.29, 1.82) is 0 Å². The van der Waals surface area contributed by atoms with Gasteiger partial charge in [0.25, 0.3) is 5.91 Å². The van der Waals surface area contributed by atoms with Crippen LogP contribution in [0.1, 0.15) is 16.8 Å². The van der Waals surface area contributed by atoms with Crippen LogP contribution in [0, 0.1) is 0 Å². The summed E-state index contributed by atoms with van der Waals surface area (Å²) in [5.41, 5.74) is 3.93. The number of hydrogen-bond donors (Lipinski definition) is 1. The van der Waals surface area contributed by atoms with E-state index < -0.39 is 0 Å². The number of hydrogen-bond acceptors (Lipinski definition) is 4. The molecule has 1 N–H and O–H groups in total. The number of aliphatic hydroxyl groups excluding tert-OH is 1. The third kappa shape index (κ3) is 4.06. The Morgan fingerprint density at radius 1 is 0.964 bits per heavy atom. The number of fused-ring (bicyclic) bond motifs is 1. The van der Waals surface area contributed by atoms with Crippen molar-refractivity contribution in [2.75, 3.05) is 39.3 Å². The standard InChI is InChI=1S/C23H25N3O2/c27-16-2-11-25-12-14-26(15-13-25)23(28)19-6-4-18(5-7-19)20-8-9-22-21(17-20)3-1-10-24-22/h1,3-10,17,27H,2,11-16H2. The Balaban J connectivity index is 1.43. The molecule has 144 valence electrons. The van der Waals surface area contributed by atoms with Gasteiger partial charge in [-0.1, -0.05) is 24.3 Å². The lowest BCUT2D eigenvalue weighted by atomic mass is 10.0. The summed E-state index contributed by atoms with van der Waals surface area (Å²) in [7, 11) is 0. The Morgan fingerprint density at radius 3 is 2.46 bits per heavy atom. The van der Waals surface area contributed by atoms with E-state index in [2.05, 4.69) is 28.1 Å². The number of piperazine rings is 1. The van der Waals surface area contributed by atoms with Crippen molar-refractivity contribution in [3.8, 4) is 11.1 Å². The number of carbonyl (C=O) groups is 1. The van der Waals surface area contributed by atoms with Crippen molar-refractivity contribution in [2.24, 2.45) is 0 Å². The zero-order chi connectivity index (χ0) is 19.3. The zero-order valence-electron chi connectivity index (χ0n) is 15.9. The molecule has 0 radical (unpaired) electrons. The van der Waals surface area contributed by atoms with Gasteiger partial charge in [0.05, 0.1) is 5.52 Å². The predicted molar refractivity (Wildman–Crippen MR) is 111 cm³/mol. The summed E-state index contributed by atoms with van der Waals surface area (Å²) < 4.78 is 0. The van der Waals surface area contributed by atoms with Gasteiger partial charge in [-0.2, -0.15) is 0 Å². The lowest BCUT2D eigenvalue weighted by molar-refractivity contribution is 0.0629. The topological polar surface area (TPSA) is 56.7 Å². The van der Waals surface area contributed by atoms with E-state index in [-0.39, 0.29) is 12.5 Å². The number of nitrogens with zero attached hydrogens (tertiary/aromatic N) is 3. The van der Waals surface area contributed by atoms with Crippen molar-refractivity contribution in [1.82, 2.24) is 14.8 Å². The summed E-state index contributed by atoms with van der Waals surface area (Å²) in [6.45, 7) is 4.34. The van der Waals surface area contributed by atoms with E-state index in [4.69, 9.17) is 5.11 Å². The minimum Gasteiger partial charge on any atom is -0.396 e. The minimum atomic E-state index is 0.0936. The monoisotopic (exact) mass is 375 g/mol. The maximum absolute atomic E-state index is 12.8. The average Bonchev–Trinajstić information content (AvgIpc) is 2.77. The first-order valence-electron chi connectivity index (χ1n) is 9.82. The molecule has 0 saturated carbocycles. The van der Waals surface area contributed by atoms with Crippen LogP contribution in [0.2, 0.25) is 0 Å². The van der Waals surface area contributed by atoms with Crippen LogP contribution in [-0.4, -0.2) is 65.1 Å². The average molecular weight is 375 g/mol. The number of aromatic nitrogens is 1. The van der Waals surface area contributed by atoms with E-state index in [0.29, 0.717) is 0 Å². The molecular weight excluding hydrogens is 350 g/mol. The molecule has 1 aliphatic heterocycles. The largest absolute Gasteiger partial charge is 0.396 e. The molecule has 0 unspecified atom stereocenters. The molecule has 1 fully saturated rings. The van der Waals surface area contributed by atoms with Crippen LogP contribution in [0.4, 0.5) is 0 Å². The van der Waals surface area contributed by atoms with E-state index in [1.54, 1.807) is 6.20 Å². The summed E-state index contributed by atoms with van der Waals surface area (Å²) in [6.07, 6.45) is 2.59. The van der Waals surface area contributed by atoms with Gasteiger partial charge in [-0.15, -0.1) is 0 Å². The van der Waals surface area contributed by atoms with Gasteiger partial charge in [-0.05, 0) is 47.9 Å². The molecule has 3 aromatic rings. The first kappa shape index (κ1) is 18.6. The van der Waals surface area contributed by atoms with E-state index in [9.17, 15) is 4.79 Å². The van der Waals surface area contributed by atoms with Crippen LogP contribution in [0.25, 0.3) is 22.0 Å². The van der Waals surface area contributed by atoms with Crippen molar-refractivity contribution in [2.45, 2.75) is 6.42 Å². The van der Waals surface area contributed by atoms with Gasteiger partial charge < -0.3 is 10.0 Å². The maximum atomic E-state index is 12.8. The molecule has 1 aromatic heterocycles. The fourth-order valence-electron chi connectivity index (χ4n) is 3.71. The minimum absolute atomic E-state index is 0.0936. The quantitative estimate of drug-likeness (QED) is 0.745. The molecule has 0 spiro atoms. The van der Waals surface area contributed by atoms with Crippen molar-refractivity contribution in [3.05, 3.63) is 66.4 Å². The highest BCUT2D eigenvalue weighted by Crippen LogP contribution is 2.24. The lowest BCUT2D eigenvalue weighted by Gasteiger charge is -2.34. The van der Waals surface area contributed by atoms with E-state index in [1.807, 2.05) is 41.3 Å². The van der Waals surface area contributed by atoms with E-state index >= 15 is 0 Å². The molecule has 4 rings (SSSR count). The zero-order valence-corrected chi connectivity index (χ0v) is 15.9. The Hall–Kier alpha value is -2.76. The van der Waals surface area contributed by atoms with Gasteiger partial charge in [0, 0.05) is 56.5 Å². The molecule has 0 aliphatic carbocycles. The molecule has 5 nitrogen and oxygen atoms in total. The maximum Gasteiger partial charge on any atom is 0.253 e. The molecule has 28 heavy (non-hydrogen) atoms. The van der Waals surface area contributed by atoms with Crippen LogP contribution in [-0.2, 0) is 0 Å². The van der Waals surface area contributed by atoms with Gasteiger partial charge in [0.15, 0.2) is 0 Å². The van der Waals surface area contributed by atoms with Crippen LogP contribution in [0.15, 0.2) is 60.8 Å². The first-order valence-corrected chi connectivity index (χ1v) is 9.82. The van der Waals surface area contributed by atoms with Gasteiger partial charge in [0.1, 0.15) is 0 Å². The second-order valence-corrected chi connectivity index (χ2v) is 7.20. The van der Waals surface area contributed by atoms with E-state index in [0.717, 1.165) is 66.7 Å². The number of carbonyl (C=O) groups excluding carboxylic acids is 1. The Kier molecular flexibility index (Phi) is 5.65. The molecule has 2 aromatic carbocycles. The number of benzene rings is 2. The summed E-state index contributed by atoms with van der Waals surface area (Å²) in [5.74, 6) is 0.0936. The van der Waals surface area contributed by atoms with Gasteiger partial charge in [-0.3, -0.25) is 14.7 Å². The first-order chi connectivity index (χ1) is 13.7. The Labute approximate surface area is 165 Å². The second-order valence-electron chi connectivity index (χ2n) is 7.20. The third-order valence-electron chi connectivity index (χ3n) is 5.36. The van der Waals surface area contributed by atoms with Crippen molar-refractivity contribution in [3.63, 3.8) is 0 Å². The summed E-state index contributed by atoms with van der Waals surface area (Å²) in [5, 5.41) is 10.1. The molecule has 0 atom stereocenters. The van der Waals surface area contributed by atoms with Gasteiger partial charge >= 0.3 is 0 Å². The third-order valence-corrected chi connectivity index (χ3v) is 5.36. The van der Waals surface area contributed by atoms with Crippen molar-refractivity contribution >= 4 is 16.8 Å². The Morgan fingerprint density at radius 2 is 1.71 bits per heavy atom. The predicted octanol–water partition coefficient (Wildman–Crippen LogP) is 3.04. The smallest absolute Gasteiger partial charge is 0.253 e. The van der Waals surface area contributed by atoms with Crippen LogP contribution >= 0.6 is 0 Å². The second kappa shape index (κ2) is 8.50. The van der Waals surface area contributed by atoms with E-state index in [1.165, 1.54) is 0 Å². The molecule has 1 aliphatic rings. The summed E-state index contributed by atoms with van der Waals surface area (Å²) >= 11 is 0. The summed E-state index contributed by atoms with van der Waals surface area (Å²) in [6, 6.07) is 18.1. The fourth-order valence-corrected chi connectivity index (χ4v) is 3.71. The molecular formula is C23H25N3O2. The molecule has 2 heterocycles. The number of aliphatic hydroxyl groups is 1. The highest BCUT2D eigenvalue weighted by molar-refractivity contribution is 5.95. The molecule has 1 saturated heterocycles. The fraction of sp³-hybridized carbons (Fsp3) is 0.304. The van der Waals surface area contributed by atoms with Gasteiger partial charge in [-0.25, -0.2) is 0 Å². The highest BCUT2D eigenvalue weighted by atomic mass is 16.3. The van der Waals surface area contributed by atoms with Crippen molar-refractivity contribution < 1.29 is 9.90 Å². The molecule has 1 amide bonds. The van der Waals surface area contributed by atoms with Crippen LogP contribution in [0.5, 0.6) is 0 Å². The normalized spacial score (nSPS) is 15.1.